The zero-order chi connectivity index (χ0) is 23.9. The Hall–Kier alpha value is -2.71. The molecule has 3 aliphatic carbocycles. The fourth-order valence-electron chi connectivity index (χ4n) is 4.61. The lowest BCUT2D eigenvalue weighted by Crippen LogP contribution is -2.84. The van der Waals surface area contributed by atoms with E-state index in [-0.39, 0.29) is 40.3 Å². The van der Waals surface area contributed by atoms with Crippen LogP contribution in [-0.2, 0) is 11.2 Å². The van der Waals surface area contributed by atoms with Gasteiger partial charge in [0.1, 0.15) is 17.3 Å². The van der Waals surface area contributed by atoms with Gasteiger partial charge in [0.25, 0.3) is 11.8 Å². The molecule has 33 heavy (non-hydrogen) atoms. The Morgan fingerprint density at radius 3 is 2.55 bits per heavy atom. The number of carbonyl (C=O) groups is 2. The number of aromatic nitrogens is 1. The van der Waals surface area contributed by atoms with Crippen molar-refractivity contribution < 1.29 is 23.8 Å². The van der Waals surface area contributed by atoms with Crippen molar-refractivity contribution in [1.29, 1.82) is 0 Å². The predicted octanol–water partition coefficient (Wildman–Crippen LogP) is 3.18. The van der Waals surface area contributed by atoms with Crippen LogP contribution in [0.1, 0.15) is 55.6 Å². The minimum atomic E-state index is -0.772. The molecule has 3 aliphatic rings. The molecule has 176 valence electrons. The van der Waals surface area contributed by atoms with E-state index in [1.807, 2.05) is 6.07 Å². The highest BCUT2D eigenvalue weighted by atomic mass is 35.5. The van der Waals surface area contributed by atoms with Gasteiger partial charge in [-0.15, -0.1) is 0 Å². The van der Waals surface area contributed by atoms with Crippen molar-refractivity contribution in [3.63, 3.8) is 0 Å². The molecule has 1 aromatic carbocycles. The van der Waals surface area contributed by atoms with Gasteiger partial charge in [0.05, 0.1) is 10.6 Å². The third-order valence-electron chi connectivity index (χ3n) is 6.16. The van der Waals surface area contributed by atoms with Gasteiger partial charge in [0.15, 0.2) is 6.61 Å². The second-order valence-corrected chi connectivity index (χ2v) is 10.2. The number of nitrogens with zero attached hydrogens (tertiary/aromatic N) is 1. The monoisotopic (exact) mass is 475 g/mol. The summed E-state index contributed by atoms with van der Waals surface area (Å²) in [6.07, 6.45) is 4.77. The van der Waals surface area contributed by atoms with Crippen molar-refractivity contribution in [3.05, 3.63) is 58.6 Å². The van der Waals surface area contributed by atoms with E-state index in [0.717, 1.165) is 11.6 Å². The number of hydrogen-bond acceptors (Lipinski definition) is 5. The molecular formula is C24H27ClFN3O4. The number of carbonyl (C=O) groups excluding carboxylic acids is 2. The van der Waals surface area contributed by atoms with Crippen LogP contribution in [0.15, 0.2) is 36.5 Å². The minimum Gasteiger partial charge on any atom is -0.484 e. The number of ether oxygens (including phenoxy) is 1. The molecule has 1 heterocycles. The highest BCUT2D eigenvalue weighted by Gasteiger charge is 2.69. The zero-order valence-corrected chi connectivity index (χ0v) is 19.3. The number of aliphatic hydroxyl groups is 1. The van der Waals surface area contributed by atoms with Crippen molar-refractivity contribution in [2.45, 2.75) is 62.6 Å². The number of nitrogens with one attached hydrogen (secondary N) is 2. The molecule has 3 fully saturated rings. The second-order valence-electron chi connectivity index (χ2n) is 9.82. The molecule has 5 rings (SSSR count). The number of hydrogen-bond donors (Lipinski definition) is 3. The largest absolute Gasteiger partial charge is 0.484 e. The summed E-state index contributed by atoms with van der Waals surface area (Å²) >= 11 is 5.64. The maximum atomic E-state index is 13.5. The van der Waals surface area contributed by atoms with Crippen LogP contribution in [0.25, 0.3) is 0 Å². The zero-order valence-electron chi connectivity index (χ0n) is 18.6. The Kier molecular flexibility index (Phi) is 6.09. The highest BCUT2D eigenvalue weighted by Crippen LogP contribution is 2.60. The number of benzene rings is 1. The fraction of sp³-hybridized carbons (Fsp3) is 0.458. The van der Waals surface area contributed by atoms with Gasteiger partial charge in [-0.3, -0.25) is 14.6 Å². The SMILES string of the molecule is CC(C)(O)CCc1ccnc(C(=O)NC23CC(NC(=O)COc4ccc(Cl)c(F)c4)(C2)C3)c1. The van der Waals surface area contributed by atoms with Crippen LogP contribution in [-0.4, -0.2) is 45.2 Å². The van der Waals surface area contributed by atoms with Gasteiger partial charge in [-0.2, -0.15) is 0 Å². The van der Waals surface area contributed by atoms with Gasteiger partial charge in [-0.25, -0.2) is 4.39 Å². The summed E-state index contributed by atoms with van der Waals surface area (Å²) in [5.41, 5.74) is -0.142. The van der Waals surface area contributed by atoms with Crippen LogP contribution >= 0.6 is 11.6 Å². The molecular weight excluding hydrogens is 449 g/mol. The van der Waals surface area contributed by atoms with E-state index < -0.39 is 11.4 Å². The van der Waals surface area contributed by atoms with Crippen LogP contribution in [0.3, 0.4) is 0 Å². The molecule has 9 heteroatoms. The summed E-state index contributed by atoms with van der Waals surface area (Å²) in [6, 6.07) is 7.60. The molecule has 1 aromatic heterocycles. The Morgan fingerprint density at radius 2 is 1.88 bits per heavy atom. The van der Waals surface area contributed by atoms with E-state index in [2.05, 4.69) is 15.6 Å². The normalized spacial score (nSPS) is 23.2. The maximum absolute atomic E-state index is 13.5. The number of rotatable bonds is 9. The van der Waals surface area contributed by atoms with Gasteiger partial charge in [-0.05, 0) is 75.8 Å². The molecule has 0 aliphatic heterocycles. The van der Waals surface area contributed by atoms with Crippen molar-refractivity contribution in [1.82, 2.24) is 15.6 Å². The Labute approximate surface area is 196 Å². The molecule has 2 aromatic rings. The first kappa shape index (κ1) is 23.4. The van der Waals surface area contributed by atoms with Crippen LogP contribution in [0.4, 0.5) is 4.39 Å². The third kappa shape index (κ3) is 5.45. The third-order valence-corrected chi connectivity index (χ3v) is 6.46. The Balaban J connectivity index is 1.23. The smallest absolute Gasteiger partial charge is 0.270 e. The van der Waals surface area contributed by atoms with E-state index >= 15 is 0 Å². The van der Waals surface area contributed by atoms with Gasteiger partial charge >= 0.3 is 0 Å². The summed E-state index contributed by atoms with van der Waals surface area (Å²) in [4.78, 5) is 29.1. The summed E-state index contributed by atoms with van der Waals surface area (Å²) in [5, 5.41) is 15.9. The Morgan fingerprint density at radius 1 is 1.18 bits per heavy atom. The first-order chi connectivity index (χ1) is 15.5. The summed E-state index contributed by atoms with van der Waals surface area (Å²) in [7, 11) is 0. The van der Waals surface area contributed by atoms with Crippen molar-refractivity contribution >= 4 is 23.4 Å². The summed E-state index contributed by atoms with van der Waals surface area (Å²) in [5.74, 6) is -0.923. The second kappa shape index (κ2) is 8.57. The van der Waals surface area contributed by atoms with Crippen molar-refractivity contribution in [2.75, 3.05) is 6.61 Å². The van der Waals surface area contributed by atoms with Crippen LogP contribution in [0.2, 0.25) is 5.02 Å². The van der Waals surface area contributed by atoms with E-state index in [1.165, 1.54) is 12.1 Å². The van der Waals surface area contributed by atoms with Gasteiger partial charge in [-0.1, -0.05) is 11.6 Å². The summed E-state index contributed by atoms with van der Waals surface area (Å²) in [6.45, 7) is 3.27. The average molecular weight is 476 g/mol. The maximum Gasteiger partial charge on any atom is 0.270 e. The Bertz CT molecular complexity index is 1070. The van der Waals surface area contributed by atoms with Crippen LogP contribution in [0, 0.1) is 5.82 Å². The molecule has 0 unspecified atom stereocenters. The number of halogens is 2. The number of amides is 2. The standard InChI is InChI=1S/C24H27ClFN3O4/c1-22(2,32)7-5-15-6-8-27-19(9-15)21(31)29-24-12-23(13-24,14-24)28-20(30)11-33-16-3-4-17(25)18(26)10-16/h3-4,6,8-10,32H,5,7,11-14H2,1-2H3,(H,28,30)(H,29,31). The van der Waals surface area contributed by atoms with Gasteiger partial charge in [0, 0.05) is 23.3 Å². The topological polar surface area (TPSA) is 101 Å². The minimum absolute atomic E-state index is 0.0101. The van der Waals surface area contributed by atoms with E-state index in [4.69, 9.17) is 16.3 Å². The number of pyridine rings is 1. The lowest BCUT2D eigenvalue weighted by Gasteiger charge is -2.70. The van der Waals surface area contributed by atoms with Gasteiger partial charge in [0.2, 0.25) is 0 Å². The van der Waals surface area contributed by atoms with Crippen molar-refractivity contribution in [3.8, 4) is 5.75 Å². The molecule has 0 atom stereocenters. The quantitative estimate of drug-likeness (QED) is 0.517. The molecule has 3 saturated carbocycles. The predicted molar refractivity (Wildman–Crippen MR) is 121 cm³/mol. The lowest BCUT2D eigenvalue weighted by molar-refractivity contribution is -0.141. The van der Waals surface area contributed by atoms with Crippen LogP contribution in [0.5, 0.6) is 5.75 Å². The number of aryl methyl sites for hydroxylation is 1. The van der Waals surface area contributed by atoms with Crippen LogP contribution < -0.4 is 15.4 Å². The molecule has 2 amide bonds. The first-order valence-corrected chi connectivity index (χ1v) is 11.2. The molecule has 0 radical (unpaired) electrons. The lowest BCUT2D eigenvalue weighted by atomic mass is 9.44. The van der Waals surface area contributed by atoms with E-state index in [9.17, 15) is 19.1 Å². The molecule has 3 N–H and O–H groups in total. The molecule has 7 nitrogen and oxygen atoms in total. The van der Waals surface area contributed by atoms with E-state index in [1.54, 1.807) is 26.1 Å². The van der Waals surface area contributed by atoms with E-state index in [0.29, 0.717) is 37.8 Å². The molecule has 0 spiro atoms. The first-order valence-electron chi connectivity index (χ1n) is 10.9. The molecule has 0 saturated heterocycles. The van der Waals surface area contributed by atoms with Crippen molar-refractivity contribution in [2.24, 2.45) is 0 Å². The highest BCUT2D eigenvalue weighted by molar-refractivity contribution is 6.30. The summed E-state index contributed by atoms with van der Waals surface area (Å²) < 4.78 is 18.8. The van der Waals surface area contributed by atoms with Gasteiger partial charge < -0.3 is 20.5 Å². The molecule has 2 bridgehead atoms. The average Bonchev–Trinajstić information content (AvgIpc) is 2.70. The fourth-order valence-corrected chi connectivity index (χ4v) is 4.73.